The highest BCUT2D eigenvalue weighted by Crippen LogP contribution is 2.29. The minimum atomic E-state index is -0.890. The Balaban J connectivity index is 2.07. The Hall–Kier alpha value is -2.26. The number of aldehydes is 1. The van der Waals surface area contributed by atoms with E-state index in [0.29, 0.717) is 6.29 Å². The number of nitrogens with zero attached hydrogens (tertiary/aromatic N) is 3. The van der Waals surface area contributed by atoms with Crippen LogP contribution in [0.2, 0.25) is 0 Å². The summed E-state index contributed by atoms with van der Waals surface area (Å²) in [7, 11) is 0. The van der Waals surface area contributed by atoms with Gasteiger partial charge in [-0.15, -0.1) is 0 Å². The Bertz CT molecular complexity index is 693. The highest BCUT2D eigenvalue weighted by molar-refractivity contribution is 5.70. The lowest BCUT2D eigenvalue weighted by atomic mass is 10.2. The molecule has 1 aliphatic rings. The van der Waals surface area contributed by atoms with Crippen LogP contribution in [0.3, 0.4) is 0 Å². The fourth-order valence-corrected chi connectivity index (χ4v) is 2.12. The molecular formula is C10H11N5O4. The number of aliphatic hydroxyl groups excluding tert-OH is 1. The molecule has 19 heavy (non-hydrogen) atoms. The van der Waals surface area contributed by atoms with Gasteiger partial charge in [-0.1, -0.05) is 0 Å². The highest BCUT2D eigenvalue weighted by atomic mass is 16.5. The first-order chi connectivity index (χ1) is 9.10. The molecule has 2 aromatic rings. The van der Waals surface area contributed by atoms with E-state index in [0.717, 1.165) is 0 Å². The third-order valence-electron chi connectivity index (χ3n) is 3.03. The van der Waals surface area contributed by atoms with E-state index >= 15 is 0 Å². The molecular weight excluding hydrogens is 254 g/mol. The molecule has 4 N–H and O–H groups in total. The number of hydrogen-bond donors (Lipinski definition) is 3. The van der Waals surface area contributed by atoms with Crippen LogP contribution in [0, 0.1) is 0 Å². The Morgan fingerprint density at radius 3 is 3.11 bits per heavy atom. The summed E-state index contributed by atoms with van der Waals surface area (Å²) in [4.78, 5) is 32.6. The molecule has 3 rings (SSSR count). The van der Waals surface area contributed by atoms with E-state index in [1.807, 2.05) is 0 Å². The van der Waals surface area contributed by atoms with Gasteiger partial charge < -0.3 is 20.4 Å². The average Bonchev–Trinajstić information content (AvgIpc) is 2.92. The maximum absolute atomic E-state index is 11.6. The molecule has 3 heterocycles. The zero-order chi connectivity index (χ0) is 13.6. The van der Waals surface area contributed by atoms with Crippen LogP contribution in [-0.4, -0.2) is 43.1 Å². The van der Waals surface area contributed by atoms with Gasteiger partial charge in [-0.2, -0.15) is 4.98 Å². The van der Waals surface area contributed by atoms with Crippen LogP contribution >= 0.6 is 0 Å². The molecule has 1 fully saturated rings. The van der Waals surface area contributed by atoms with E-state index < -0.39 is 24.0 Å². The first-order valence-corrected chi connectivity index (χ1v) is 5.61. The lowest BCUT2D eigenvalue weighted by Crippen LogP contribution is -2.21. The molecule has 0 saturated carbocycles. The molecule has 100 valence electrons. The molecule has 1 saturated heterocycles. The Labute approximate surface area is 106 Å². The number of nitrogens with two attached hydrogens (primary N) is 1. The molecule has 0 spiro atoms. The number of fused-ring (bicyclic) bond motifs is 1. The second-order valence-electron chi connectivity index (χ2n) is 4.27. The number of rotatable bonds is 2. The number of aromatic nitrogens is 4. The Morgan fingerprint density at radius 1 is 1.63 bits per heavy atom. The van der Waals surface area contributed by atoms with Gasteiger partial charge in [0.15, 0.2) is 17.5 Å². The van der Waals surface area contributed by atoms with E-state index in [-0.39, 0.29) is 23.5 Å². The lowest BCUT2D eigenvalue weighted by molar-refractivity contribution is -0.122. The van der Waals surface area contributed by atoms with Crippen LogP contribution in [0.4, 0.5) is 5.95 Å². The quantitative estimate of drug-likeness (QED) is 0.565. The van der Waals surface area contributed by atoms with E-state index in [4.69, 9.17) is 10.5 Å². The maximum Gasteiger partial charge on any atom is 0.280 e. The monoisotopic (exact) mass is 265 g/mol. The summed E-state index contributed by atoms with van der Waals surface area (Å²) >= 11 is 0. The van der Waals surface area contributed by atoms with Gasteiger partial charge in [-0.05, 0) is 0 Å². The predicted octanol–water partition coefficient (Wildman–Crippen LogP) is -1.45. The smallest absolute Gasteiger partial charge is 0.280 e. The number of carbonyl (C=O) groups excluding carboxylic acids is 1. The summed E-state index contributed by atoms with van der Waals surface area (Å²) in [5.41, 5.74) is 5.41. The van der Waals surface area contributed by atoms with E-state index in [1.54, 1.807) is 0 Å². The zero-order valence-corrected chi connectivity index (χ0v) is 9.68. The van der Waals surface area contributed by atoms with Gasteiger partial charge in [-0.3, -0.25) is 14.3 Å². The van der Waals surface area contributed by atoms with Crippen LogP contribution in [0.5, 0.6) is 0 Å². The van der Waals surface area contributed by atoms with Gasteiger partial charge in [0.05, 0.1) is 12.4 Å². The Morgan fingerprint density at radius 2 is 2.42 bits per heavy atom. The summed E-state index contributed by atoms with van der Waals surface area (Å²) in [5.74, 6) is -0.0373. The molecule has 0 aliphatic carbocycles. The minimum Gasteiger partial charge on any atom is -0.390 e. The number of anilines is 1. The fourth-order valence-electron chi connectivity index (χ4n) is 2.12. The van der Waals surface area contributed by atoms with E-state index in [1.165, 1.54) is 10.9 Å². The van der Waals surface area contributed by atoms with Crippen LogP contribution in [0.25, 0.3) is 11.2 Å². The van der Waals surface area contributed by atoms with Crippen molar-refractivity contribution in [1.82, 2.24) is 19.5 Å². The van der Waals surface area contributed by atoms with Gasteiger partial charge in [0.1, 0.15) is 12.3 Å². The van der Waals surface area contributed by atoms with Crippen molar-refractivity contribution in [3.05, 3.63) is 16.7 Å². The molecule has 2 aromatic heterocycles. The number of aromatic amines is 1. The van der Waals surface area contributed by atoms with Crippen molar-refractivity contribution in [2.45, 2.75) is 24.9 Å². The van der Waals surface area contributed by atoms with Crippen molar-refractivity contribution >= 4 is 23.4 Å². The summed E-state index contributed by atoms with van der Waals surface area (Å²) in [6.07, 6.45) is -0.261. The first-order valence-electron chi connectivity index (χ1n) is 5.61. The van der Waals surface area contributed by atoms with E-state index in [9.17, 15) is 14.7 Å². The third kappa shape index (κ3) is 1.79. The van der Waals surface area contributed by atoms with Gasteiger partial charge in [-0.25, -0.2) is 4.98 Å². The van der Waals surface area contributed by atoms with Crippen molar-refractivity contribution < 1.29 is 14.6 Å². The fraction of sp³-hybridized carbons (Fsp3) is 0.400. The molecule has 3 atom stereocenters. The largest absolute Gasteiger partial charge is 0.390 e. The number of H-pyrrole nitrogens is 1. The summed E-state index contributed by atoms with van der Waals surface area (Å²) in [5, 5.41) is 9.64. The maximum atomic E-state index is 11.6. The second-order valence-corrected chi connectivity index (χ2v) is 4.27. The highest BCUT2D eigenvalue weighted by Gasteiger charge is 2.35. The van der Waals surface area contributed by atoms with Crippen molar-refractivity contribution in [3.63, 3.8) is 0 Å². The SMILES string of the molecule is Nc1nc2c(ncn2[C@H]2C[C@H](O)[C@H](C=O)O2)c(=O)[nH]1. The predicted molar refractivity (Wildman–Crippen MR) is 63.2 cm³/mol. The normalized spacial score (nSPS) is 26.9. The van der Waals surface area contributed by atoms with Crippen LogP contribution < -0.4 is 11.3 Å². The van der Waals surface area contributed by atoms with Gasteiger partial charge in [0.2, 0.25) is 5.95 Å². The first kappa shape index (κ1) is 11.8. The Kier molecular flexibility index (Phi) is 2.57. The standard InChI is InChI=1S/C10H11N5O4/c11-10-13-8-7(9(18)14-10)12-3-15(8)6-1-4(17)5(2-16)19-6/h2-6,17H,1H2,(H3,11,13,14,18)/t4-,5-,6+/m0/s1. The topological polar surface area (TPSA) is 136 Å². The molecule has 9 nitrogen and oxygen atoms in total. The number of ether oxygens (including phenoxy) is 1. The van der Waals surface area contributed by atoms with Crippen molar-refractivity contribution in [3.8, 4) is 0 Å². The average molecular weight is 265 g/mol. The zero-order valence-electron chi connectivity index (χ0n) is 9.68. The molecule has 0 unspecified atom stereocenters. The summed E-state index contributed by atoms with van der Waals surface area (Å²) in [6.45, 7) is 0. The molecule has 0 amide bonds. The number of nitrogen functional groups attached to an aromatic ring is 1. The van der Waals surface area contributed by atoms with Crippen molar-refractivity contribution in [2.24, 2.45) is 0 Å². The van der Waals surface area contributed by atoms with Gasteiger partial charge in [0, 0.05) is 6.42 Å². The second kappa shape index (κ2) is 4.14. The molecule has 9 heteroatoms. The lowest BCUT2D eigenvalue weighted by Gasteiger charge is -2.11. The molecule has 0 aromatic carbocycles. The molecule has 0 radical (unpaired) electrons. The van der Waals surface area contributed by atoms with Crippen LogP contribution in [0.15, 0.2) is 11.1 Å². The number of nitrogens with one attached hydrogen (secondary N) is 1. The summed E-state index contributed by atoms with van der Waals surface area (Å²) in [6, 6.07) is 0. The van der Waals surface area contributed by atoms with Crippen LogP contribution in [-0.2, 0) is 9.53 Å². The molecule has 0 bridgehead atoms. The number of hydrogen-bond acceptors (Lipinski definition) is 7. The third-order valence-corrected chi connectivity index (χ3v) is 3.03. The summed E-state index contributed by atoms with van der Waals surface area (Å²) < 4.78 is 6.85. The van der Waals surface area contributed by atoms with Crippen LogP contribution in [0.1, 0.15) is 12.6 Å². The number of carbonyl (C=O) groups is 1. The van der Waals surface area contributed by atoms with Crippen molar-refractivity contribution in [1.29, 1.82) is 0 Å². The minimum absolute atomic E-state index is 0.0373. The number of imidazole rings is 1. The van der Waals surface area contributed by atoms with Crippen molar-refractivity contribution in [2.75, 3.05) is 5.73 Å². The van der Waals surface area contributed by atoms with Gasteiger partial charge >= 0.3 is 0 Å². The molecule has 1 aliphatic heterocycles. The van der Waals surface area contributed by atoms with Gasteiger partial charge in [0.25, 0.3) is 5.56 Å². The number of aliphatic hydroxyl groups is 1. The van der Waals surface area contributed by atoms with E-state index in [2.05, 4.69) is 15.0 Å².